The minimum Gasteiger partial charge on any atom is -0.478 e. The van der Waals surface area contributed by atoms with Crippen LogP contribution in [0, 0.1) is 0 Å². The number of hydrogen-bond donors (Lipinski definition) is 2. The highest BCUT2D eigenvalue weighted by atomic mass is 16.5. The number of carboxylic acid groups (broad SMARTS) is 1. The molecule has 0 bridgehead atoms. The normalized spacial score (nSPS) is 15.1. The molecule has 1 unspecified atom stereocenters. The standard InChI is InChI=1S/C25H24N4O5/c1-15(23(30)28-10-11-29-22(13-28)20(12-26-29)24(31)32)27-25(33)34-14-21-18-8-4-2-6-16(18)17-7-3-5-9-19(17)21/h2-9,12,15,21H,10-11,13-14H2,1H3,(H,27,33)(H,31,32). The van der Waals surface area contributed by atoms with E-state index in [4.69, 9.17) is 4.74 Å². The van der Waals surface area contributed by atoms with Gasteiger partial charge in [-0.2, -0.15) is 5.10 Å². The summed E-state index contributed by atoms with van der Waals surface area (Å²) in [5.41, 5.74) is 5.05. The number of ether oxygens (including phenoxy) is 1. The van der Waals surface area contributed by atoms with E-state index in [-0.39, 0.29) is 30.5 Å². The molecule has 3 aromatic rings. The quantitative estimate of drug-likeness (QED) is 0.605. The van der Waals surface area contributed by atoms with Gasteiger partial charge in [-0.3, -0.25) is 9.48 Å². The van der Waals surface area contributed by atoms with E-state index in [1.165, 1.54) is 11.1 Å². The molecule has 1 atom stereocenters. The first-order valence-electron chi connectivity index (χ1n) is 11.1. The first-order valence-corrected chi connectivity index (χ1v) is 11.1. The largest absolute Gasteiger partial charge is 0.478 e. The van der Waals surface area contributed by atoms with E-state index >= 15 is 0 Å². The van der Waals surface area contributed by atoms with Crippen molar-refractivity contribution in [2.45, 2.75) is 32.0 Å². The summed E-state index contributed by atoms with van der Waals surface area (Å²) in [7, 11) is 0. The summed E-state index contributed by atoms with van der Waals surface area (Å²) in [6, 6.07) is 15.3. The van der Waals surface area contributed by atoms with Crippen LogP contribution >= 0.6 is 0 Å². The number of benzene rings is 2. The molecule has 0 radical (unpaired) electrons. The van der Waals surface area contributed by atoms with Gasteiger partial charge in [-0.05, 0) is 29.2 Å². The van der Waals surface area contributed by atoms with Crippen LogP contribution in [-0.2, 0) is 22.6 Å². The number of amides is 2. The molecule has 0 fully saturated rings. The highest BCUT2D eigenvalue weighted by Gasteiger charge is 2.31. The Bertz CT molecular complexity index is 1240. The van der Waals surface area contributed by atoms with Gasteiger partial charge in [-0.15, -0.1) is 0 Å². The Hall–Kier alpha value is -4.14. The molecule has 5 rings (SSSR count). The summed E-state index contributed by atoms with van der Waals surface area (Å²) >= 11 is 0. The Morgan fingerprint density at radius 1 is 1.09 bits per heavy atom. The van der Waals surface area contributed by atoms with Crippen molar-refractivity contribution in [3.8, 4) is 11.1 Å². The summed E-state index contributed by atoms with van der Waals surface area (Å²) in [4.78, 5) is 38.4. The molecule has 1 aromatic heterocycles. The predicted octanol–water partition coefficient (Wildman–Crippen LogP) is 2.85. The molecule has 9 heteroatoms. The topological polar surface area (TPSA) is 114 Å². The van der Waals surface area contributed by atoms with E-state index in [9.17, 15) is 19.5 Å². The minimum atomic E-state index is -1.08. The molecular formula is C25H24N4O5. The highest BCUT2D eigenvalue weighted by molar-refractivity contribution is 5.89. The summed E-state index contributed by atoms with van der Waals surface area (Å²) in [6.45, 7) is 2.64. The molecule has 2 N–H and O–H groups in total. The Kier molecular flexibility index (Phi) is 5.53. The molecule has 0 saturated carbocycles. The van der Waals surface area contributed by atoms with Crippen molar-refractivity contribution < 1.29 is 24.2 Å². The number of nitrogens with zero attached hydrogens (tertiary/aromatic N) is 3. The van der Waals surface area contributed by atoms with Crippen LogP contribution in [0.4, 0.5) is 4.79 Å². The first kappa shape index (κ1) is 21.7. The fraction of sp³-hybridized carbons (Fsp3) is 0.280. The number of alkyl carbamates (subject to hydrolysis) is 1. The van der Waals surface area contributed by atoms with Gasteiger partial charge in [-0.25, -0.2) is 9.59 Å². The van der Waals surface area contributed by atoms with E-state index in [1.807, 2.05) is 36.4 Å². The third-order valence-corrected chi connectivity index (χ3v) is 6.46. The lowest BCUT2D eigenvalue weighted by Gasteiger charge is -2.30. The Morgan fingerprint density at radius 2 is 1.74 bits per heavy atom. The van der Waals surface area contributed by atoms with Gasteiger partial charge in [0.15, 0.2) is 0 Å². The van der Waals surface area contributed by atoms with E-state index in [0.29, 0.717) is 18.8 Å². The van der Waals surface area contributed by atoms with Crippen LogP contribution < -0.4 is 5.32 Å². The zero-order valence-electron chi connectivity index (χ0n) is 18.6. The Balaban J connectivity index is 1.21. The number of fused-ring (bicyclic) bond motifs is 4. The molecule has 0 saturated heterocycles. The zero-order valence-corrected chi connectivity index (χ0v) is 18.6. The van der Waals surface area contributed by atoms with Crippen LogP contribution in [-0.4, -0.2) is 57.0 Å². The van der Waals surface area contributed by atoms with Crippen molar-refractivity contribution in [3.63, 3.8) is 0 Å². The monoisotopic (exact) mass is 460 g/mol. The third kappa shape index (κ3) is 3.79. The van der Waals surface area contributed by atoms with Crippen LogP contribution in [0.15, 0.2) is 54.7 Å². The van der Waals surface area contributed by atoms with Gasteiger partial charge >= 0.3 is 12.1 Å². The number of aromatic carboxylic acids is 1. The van der Waals surface area contributed by atoms with Gasteiger partial charge in [0.25, 0.3) is 0 Å². The maximum Gasteiger partial charge on any atom is 0.407 e. The second-order valence-corrected chi connectivity index (χ2v) is 8.48. The van der Waals surface area contributed by atoms with E-state index in [2.05, 4.69) is 22.5 Å². The lowest BCUT2D eigenvalue weighted by atomic mass is 9.98. The van der Waals surface area contributed by atoms with E-state index < -0.39 is 18.1 Å². The average Bonchev–Trinajstić information content (AvgIpc) is 3.41. The second-order valence-electron chi connectivity index (χ2n) is 8.48. The third-order valence-electron chi connectivity index (χ3n) is 6.46. The molecular weight excluding hydrogens is 436 g/mol. The zero-order chi connectivity index (χ0) is 23.8. The molecule has 2 heterocycles. The van der Waals surface area contributed by atoms with Crippen LogP contribution in [0.1, 0.15) is 40.0 Å². The minimum absolute atomic E-state index is 0.0685. The van der Waals surface area contributed by atoms with Crippen molar-refractivity contribution in [3.05, 3.63) is 77.1 Å². The number of carbonyl (C=O) groups excluding carboxylic acids is 2. The number of rotatable bonds is 5. The molecule has 9 nitrogen and oxygen atoms in total. The molecule has 1 aliphatic carbocycles. The van der Waals surface area contributed by atoms with Crippen LogP contribution in [0.5, 0.6) is 0 Å². The van der Waals surface area contributed by atoms with Crippen molar-refractivity contribution in [2.24, 2.45) is 0 Å². The van der Waals surface area contributed by atoms with E-state index in [0.717, 1.165) is 22.3 Å². The molecule has 34 heavy (non-hydrogen) atoms. The molecule has 2 aliphatic rings. The van der Waals surface area contributed by atoms with Gasteiger partial charge in [0.2, 0.25) is 5.91 Å². The van der Waals surface area contributed by atoms with Gasteiger partial charge < -0.3 is 20.1 Å². The summed E-state index contributed by atoms with van der Waals surface area (Å²) in [6.07, 6.45) is 0.625. The van der Waals surface area contributed by atoms with Gasteiger partial charge in [-0.1, -0.05) is 48.5 Å². The highest BCUT2D eigenvalue weighted by Crippen LogP contribution is 2.44. The lowest BCUT2D eigenvalue weighted by Crippen LogP contribution is -2.49. The van der Waals surface area contributed by atoms with Crippen LogP contribution in [0.25, 0.3) is 11.1 Å². The fourth-order valence-corrected chi connectivity index (χ4v) is 4.76. The van der Waals surface area contributed by atoms with Gasteiger partial charge in [0.1, 0.15) is 18.2 Å². The van der Waals surface area contributed by atoms with Crippen LogP contribution in [0.2, 0.25) is 0 Å². The van der Waals surface area contributed by atoms with Crippen molar-refractivity contribution in [1.29, 1.82) is 0 Å². The molecule has 174 valence electrons. The summed E-state index contributed by atoms with van der Waals surface area (Å²) < 4.78 is 7.12. The van der Waals surface area contributed by atoms with Crippen molar-refractivity contribution in [2.75, 3.05) is 13.2 Å². The number of carbonyl (C=O) groups is 3. The number of hydrogen-bond acceptors (Lipinski definition) is 5. The number of nitrogens with one attached hydrogen (secondary N) is 1. The molecule has 2 aromatic carbocycles. The number of aromatic nitrogens is 2. The summed E-state index contributed by atoms with van der Waals surface area (Å²) in [5.74, 6) is -1.46. The second kappa shape index (κ2) is 8.66. The molecule has 2 amide bonds. The fourth-order valence-electron chi connectivity index (χ4n) is 4.76. The maximum absolute atomic E-state index is 12.9. The Labute approximate surface area is 195 Å². The first-order chi connectivity index (χ1) is 16.4. The maximum atomic E-state index is 12.9. The predicted molar refractivity (Wildman–Crippen MR) is 122 cm³/mol. The lowest BCUT2D eigenvalue weighted by molar-refractivity contribution is -0.134. The average molecular weight is 460 g/mol. The van der Waals surface area contributed by atoms with Crippen LogP contribution in [0.3, 0.4) is 0 Å². The van der Waals surface area contributed by atoms with Gasteiger partial charge in [0.05, 0.1) is 25.0 Å². The SMILES string of the molecule is CC(NC(=O)OCC1c2ccccc2-c2ccccc21)C(=O)N1CCn2ncc(C(=O)O)c2C1. The van der Waals surface area contributed by atoms with Crippen molar-refractivity contribution >= 4 is 18.0 Å². The number of carboxylic acids is 1. The molecule has 0 spiro atoms. The van der Waals surface area contributed by atoms with E-state index in [1.54, 1.807) is 11.6 Å². The molecule has 1 aliphatic heterocycles. The van der Waals surface area contributed by atoms with Crippen molar-refractivity contribution in [1.82, 2.24) is 20.0 Å². The summed E-state index contributed by atoms with van der Waals surface area (Å²) in [5, 5.41) is 16.0. The Morgan fingerprint density at radius 3 is 2.38 bits per heavy atom. The van der Waals surface area contributed by atoms with Gasteiger partial charge in [0, 0.05) is 12.5 Å². The smallest absolute Gasteiger partial charge is 0.407 e.